The lowest BCUT2D eigenvalue weighted by molar-refractivity contribution is -0.149. The van der Waals surface area contributed by atoms with Crippen LogP contribution in [-0.2, 0) is 16.1 Å². The average molecular weight is 530 g/mol. The van der Waals surface area contributed by atoms with E-state index >= 15 is 0 Å². The molecule has 39 heavy (non-hydrogen) atoms. The molecule has 1 N–H and O–H groups in total. The molecule has 0 saturated heterocycles. The van der Waals surface area contributed by atoms with Crippen molar-refractivity contribution >= 4 is 11.8 Å². The third-order valence-corrected chi connectivity index (χ3v) is 7.16. The van der Waals surface area contributed by atoms with Crippen LogP contribution in [0.1, 0.15) is 56.2 Å². The van der Waals surface area contributed by atoms with Crippen LogP contribution in [0.15, 0.2) is 73.1 Å². The summed E-state index contributed by atoms with van der Waals surface area (Å²) in [4.78, 5) is 34.0. The Bertz CT molecular complexity index is 1240. The molecule has 204 valence electrons. The molecule has 1 aliphatic carbocycles. The van der Waals surface area contributed by atoms with E-state index in [9.17, 15) is 9.59 Å². The minimum atomic E-state index is -0.899. The van der Waals surface area contributed by atoms with Crippen molar-refractivity contribution in [1.29, 1.82) is 0 Å². The molecule has 1 fully saturated rings. The molecule has 5 rings (SSSR count). The molecular weight excluding hydrogens is 494 g/mol. The van der Waals surface area contributed by atoms with Gasteiger partial charge in [-0.05, 0) is 61.2 Å². The Morgan fingerprint density at radius 1 is 1.03 bits per heavy atom. The summed E-state index contributed by atoms with van der Waals surface area (Å²) < 4.78 is 17.6. The molecule has 2 atom stereocenters. The van der Waals surface area contributed by atoms with Gasteiger partial charge in [-0.1, -0.05) is 49.6 Å². The zero-order valence-corrected chi connectivity index (χ0v) is 22.3. The van der Waals surface area contributed by atoms with Crippen LogP contribution >= 0.6 is 0 Å². The van der Waals surface area contributed by atoms with Crippen molar-refractivity contribution < 1.29 is 23.8 Å². The Morgan fingerprint density at radius 3 is 2.51 bits per heavy atom. The second kappa shape index (κ2) is 12.7. The number of aromatic nitrogens is 1. The molecule has 1 aromatic heterocycles. The number of fused-ring (bicyclic) bond motifs is 1. The number of para-hydroxylation sites is 2. The second-order valence-electron chi connectivity index (χ2n) is 9.94. The first kappa shape index (κ1) is 26.5. The first-order valence-electron chi connectivity index (χ1n) is 13.7. The maximum Gasteiger partial charge on any atom is 0.268 e. The largest absolute Gasteiger partial charge is 0.494 e. The number of carbonyl (C=O) groups excluding carboxylic acids is 2. The van der Waals surface area contributed by atoms with Crippen molar-refractivity contribution in [1.82, 2.24) is 15.2 Å². The fourth-order valence-corrected chi connectivity index (χ4v) is 5.22. The molecular formula is C31H35N3O5. The van der Waals surface area contributed by atoms with Crippen LogP contribution < -0.4 is 19.5 Å². The van der Waals surface area contributed by atoms with Crippen LogP contribution in [-0.4, -0.2) is 47.1 Å². The van der Waals surface area contributed by atoms with Crippen LogP contribution in [0.25, 0.3) is 0 Å². The van der Waals surface area contributed by atoms with E-state index in [1.54, 1.807) is 23.4 Å². The van der Waals surface area contributed by atoms with E-state index in [1.807, 2.05) is 61.5 Å². The minimum absolute atomic E-state index is 0.0552. The highest BCUT2D eigenvalue weighted by Gasteiger charge is 2.39. The van der Waals surface area contributed by atoms with Crippen LogP contribution in [0.5, 0.6) is 17.2 Å². The Balaban J connectivity index is 1.49. The van der Waals surface area contributed by atoms with E-state index in [-0.39, 0.29) is 31.0 Å². The molecule has 0 spiro atoms. The average Bonchev–Trinajstić information content (AvgIpc) is 2.98. The predicted molar refractivity (Wildman–Crippen MR) is 147 cm³/mol. The third kappa shape index (κ3) is 6.50. The van der Waals surface area contributed by atoms with Crippen LogP contribution in [0, 0.1) is 0 Å². The van der Waals surface area contributed by atoms with Crippen LogP contribution in [0.3, 0.4) is 0 Å². The van der Waals surface area contributed by atoms with Crippen molar-refractivity contribution in [2.75, 3.05) is 13.2 Å². The monoisotopic (exact) mass is 529 g/mol. The zero-order chi connectivity index (χ0) is 27.0. The van der Waals surface area contributed by atoms with E-state index < -0.39 is 12.1 Å². The predicted octanol–water partition coefficient (Wildman–Crippen LogP) is 4.84. The van der Waals surface area contributed by atoms with Gasteiger partial charge in [-0.15, -0.1) is 0 Å². The third-order valence-electron chi connectivity index (χ3n) is 7.16. The van der Waals surface area contributed by atoms with E-state index in [1.165, 1.54) is 6.42 Å². The number of nitrogens with one attached hydrogen (secondary N) is 1. The molecule has 1 aliphatic heterocycles. The molecule has 2 heterocycles. The normalized spacial score (nSPS) is 17.6. The highest BCUT2D eigenvalue weighted by molar-refractivity contribution is 5.91. The van der Waals surface area contributed by atoms with Gasteiger partial charge in [0.2, 0.25) is 12.0 Å². The van der Waals surface area contributed by atoms with Gasteiger partial charge < -0.3 is 24.4 Å². The zero-order valence-electron chi connectivity index (χ0n) is 22.3. The summed E-state index contributed by atoms with van der Waals surface area (Å²) in [6.45, 7) is 2.70. The Kier molecular flexibility index (Phi) is 8.61. The number of nitrogens with zero attached hydrogens (tertiary/aromatic N) is 2. The van der Waals surface area contributed by atoms with Crippen molar-refractivity contribution in [2.45, 2.75) is 63.8 Å². The van der Waals surface area contributed by atoms with Gasteiger partial charge >= 0.3 is 0 Å². The molecule has 2 aliphatic rings. The minimum Gasteiger partial charge on any atom is -0.494 e. The highest BCUT2D eigenvalue weighted by Crippen LogP contribution is 2.33. The summed E-state index contributed by atoms with van der Waals surface area (Å²) in [5, 5.41) is 3.25. The lowest BCUT2D eigenvalue weighted by atomic mass is 9.94. The quantitative estimate of drug-likeness (QED) is 0.427. The number of pyridine rings is 1. The Hall–Kier alpha value is -4.07. The summed E-state index contributed by atoms with van der Waals surface area (Å²) in [7, 11) is 0. The number of amides is 2. The molecule has 2 amide bonds. The van der Waals surface area contributed by atoms with Gasteiger partial charge in [0.05, 0.1) is 6.61 Å². The molecule has 0 unspecified atom stereocenters. The number of hydrogen-bond acceptors (Lipinski definition) is 6. The van der Waals surface area contributed by atoms with Gasteiger partial charge in [0, 0.05) is 25.0 Å². The first-order valence-corrected chi connectivity index (χ1v) is 13.7. The standard InChI is InChI=1S/C31H35N3O5/c1-2-37-25-16-14-23(15-17-25)29(30(35)33-24-10-4-3-5-11-24)34(20-22-9-8-18-32-19-22)31(36)28-21-38-26-12-6-7-13-27(26)39-28/h6-9,12-19,24,28-29H,2-5,10-11,20-21H2,1H3,(H,33,35)/t28-,29-/m1/s1. The SMILES string of the molecule is CCOc1ccc([C@H](C(=O)NC2CCCCC2)N(Cc2cccnc2)C(=O)[C@H]2COc3ccccc3O2)cc1. The lowest BCUT2D eigenvalue weighted by Crippen LogP contribution is -2.52. The molecule has 3 aromatic rings. The summed E-state index contributed by atoms with van der Waals surface area (Å²) in [5.41, 5.74) is 1.51. The van der Waals surface area contributed by atoms with Gasteiger partial charge in [-0.25, -0.2) is 0 Å². The maximum absolute atomic E-state index is 14.2. The Morgan fingerprint density at radius 2 is 1.79 bits per heavy atom. The van der Waals surface area contributed by atoms with Gasteiger partial charge in [0.15, 0.2) is 11.5 Å². The second-order valence-corrected chi connectivity index (χ2v) is 9.94. The molecule has 0 radical (unpaired) electrons. The van der Waals surface area contributed by atoms with Crippen molar-refractivity contribution in [3.05, 3.63) is 84.2 Å². The number of carbonyl (C=O) groups is 2. The topological polar surface area (TPSA) is 90.0 Å². The van der Waals surface area contributed by atoms with E-state index in [4.69, 9.17) is 14.2 Å². The molecule has 8 heteroatoms. The van der Waals surface area contributed by atoms with Crippen LogP contribution in [0.4, 0.5) is 0 Å². The number of ether oxygens (including phenoxy) is 3. The molecule has 2 aromatic carbocycles. The maximum atomic E-state index is 14.2. The fraction of sp³-hybridized carbons (Fsp3) is 0.387. The van der Waals surface area contributed by atoms with Crippen molar-refractivity contribution in [3.8, 4) is 17.2 Å². The lowest BCUT2D eigenvalue weighted by Gasteiger charge is -2.36. The number of hydrogen-bond donors (Lipinski definition) is 1. The van der Waals surface area contributed by atoms with Gasteiger partial charge in [-0.2, -0.15) is 0 Å². The summed E-state index contributed by atoms with van der Waals surface area (Å²) in [5.74, 6) is 1.27. The van der Waals surface area contributed by atoms with Gasteiger partial charge in [-0.3, -0.25) is 14.6 Å². The summed E-state index contributed by atoms with van der Waals surface area (Å²) in [6.07, 6.45) is 7.73. The highest BCUT2D eigenvalue weighted by atomic mass is 16.6. The summed E-state index contributed by atoms with van der Waals surface area (Å²) in [6, 6.07) is 17.6. The first-order chi connectivity index (χ1) is 19.1. The summed E-state index contributed by atoms with van der Waals surface area (Å²) >= 11 is 0. The molecule has 1 saturated carbocycles. The molecule has 0 bridgehead atoms. The van der Waals surface area contributed by atoms with Gasteiger partial charge in [0.25, 0.3) is 5.91 Å². The van der Waals surface area contributed by atoms with E-state index in [0.29, 0.717) is 29.4 Å². The smallest absolute Gasteiger partial charge is 0.268 e. The van der Waals surface area contributed by atoms with Gasteiger partial charge in [0.1, 0.15) is 18.4 Å². The number of benzene rings is 2. The van der Waals surface area contributed by atoms with Crippen LogP contribution in [0.2, 0.25) is 0 Å². The fourth-order valence-electron chi connectivity index (χ4n) is 5.22. The van der Waals surface area contributed by atoms with E-state index in [2.05, 4.69) is 10.3 Å². The number of rotatable bonds is 9. The Labute approximate surface area is 229 Å². The van der Waals surface area contributed by atoms with E-state index in [0.717, 1.165) is 31.2 Å². The van der Waals surface area contributed by atoms with Crippen molar-refractivity contribution in [3.63, 3.8) is 0 Å². The molecule has 8 nitrogen and oxygen atoms in total. The van der Waals surface area contributed by atoms with Crippen molar-refractivity contribution in [2.24, 2.45) is 0 Å².